The predicted molar refractivity (Wildman–Crippen MR) is 95.7 cm³/mol. The van der Waals surface area contributed by atoms with Gasteiger partial charge in [-0.2, -0.15) is 4.68 Å². The first-order chi connectivity index (χ1) is 12.3. The number of pyridine rings is 1. The molecule has 1 aromatic carbocycles. The number of aromatic nitrogens is 4. The SMILES string of the molecule is O=c1[nH]c(C2CCCN(Cc3ccccn3)C2)nn1-c1ccccc1. The molecule has 3 heterocycles. The number of aromatic amines is 1. The Kier molecular flexibility index (Phi) is 4.43. The molecule has 1 unspecified atom stereocenters. The Balaban J connectivity index is 1.51. The van der Waals surface area contributed by atoms with Crippen molar-refractivity contribution in [1.29, 1.82) is 0 Å². The van der Waals surface area contributed by atoms with Crippen molar-refractivity contribution < 1.29 is 0 Å². The fraction of sp³-hybridized carbons (Fsp3) is 0.316. The Morgan fingerprint density at radius 3 is 2.76 bits per heavy atom. The van der Waals surface area contributed by atoms with Crippen molar-refractivity contribution in [3.05, 3.63) is 76.7 Å². The molecule has 0 saturated carbocycles. The monoisotopic (exact) mass is 335 g/mol. The molecule has 25 heavy (non-hydrogen) atoms. The number of para-hydroxylation sites is 1. The molecule has 1 aliphatic heterocycles. The van der Waals surface area contributed by atoms with Gasteiger partial charge in [0, 0.05) is 25.2 Å². The Labute approximate surface area is 146 Å². The quantitative estimate of drug-likeness (QED) is 0.795. The second kappa shape index (κ2) is 7.03. The number of hydrogen-bond acceptors (Lipinski definition) is 4. The van der Waals surface area contributed by atoms with Crippen molar-refractivity contribution in [2.75, 3.05) is 13.1 Å². The van der Waals surface area contributed by atoms with Gasteiger partial charge in [-0.05, 0) is 43.7 Å². The largest absolute Gasteiger partial charge is 0.348 e. The molecule has 0 bridgehead atoms. The lowest BCUT2D eigenvalue weighted by Crippen LogP contribution is -2.34. The molecule has 1 fully saturated rings. The van der Waals surface area contributed by atoms with Crippen LogP contribution in [0.3, 0.4) is 0 Å². The summed E-state index contributed by atoms with van der Waals surface area (Å²) in [5.74, 6) is 1.02. The molecule has 128 valence electrons. The second-order valence-corrected chi connectivity index (χ2v) is 6.46. The maximum Gasteiger partial charge on any atom is 0.348 e. The van der Waals surface area contributed by atoms with Gasteiger partial charge >= 0.3 is 5.69 Å². The first-order valence-corrected chi connectivity index (χ1v) is 8.66. The van der Waals surface area contributed by atoms with Crippen molar-refractivity contribution in [3.63, 3.8) is 0 Å². The predicted octanol–water partition coefficient (Wildman–Crippen LogP) is 2.34. The molecule has 4 rings (SSSR count). The van der Waals surface area contributed by atoms with Gasteiger partial charge in [0.1, 0.15) is 5.82 Å². The van der Waals surface area contributed by atoms with Crippen LogP contribution in [0.2, 0.25) is 0 Å². The Bertz CT molecular complexity index is 872. The van der Waals surface area contributed by atoms with E-state index in [2.05, 4.69) is 26.0 Å². The average Bonchev–Trinajstić information content (AvgIpc) is 3.05. The number of likely N-dealkylation sites (tertiary alicyclic amines) is 1. The van der Waals surface area contributed by atoms with Crippen LogP contribution in [0.4, 0.5) is 0 Å². The standard InChI is InChI=1S/C19H21N5O/c25-19-21-18(22-24(19)17-9-2-1-3-10-17)15-7-6-12-23(13-15)14-16-8-4-5-11-20-16/h1-5,8-11,15H,6-7,12-14H2,(H,21,22,25). The van der Waals surface area contributed by atoms with Crippen molar-refractivity contribution in [1.82, 2.24) is 24.6 Å². The number of nitrogens with one attached hydrogen (secondary N) is 1. The molecule has 0 amide bonds. The van der Waals surface area contributed by atoms with E-state index in [1.54, 1.807) is 0 Å². The molecule has 1 atom stereocenters. The highest BCUT2D eigenvalue weighted by Crippen LogP contribution is 2.25. The zero-order valence-corrected chi connectivity index (χ0v) is 14.0. The Morgan fingerprint density at radius 2 is 1.96 bits per heavy atom. The third-order valence-electron chi connectivity index (χ3n) is 4.64. The maximum absolute atomic E-state index is 12.3. The third-order valence-corrected chi connectivity index (χ3v) is 4.64. The first kappa shape index (κ1) is 15.8. The topological polar surface area (TPSA) is 66.8 Å². The van der Waals surface area contributed by atoms with Gasteiger partial charge in [-0.3, -0.25) is 14.9 Å². The molecular formula is C19H21N5O. The molecular weight excluding hydrogens is 314 g/mol. The molecule has 0 aliphatic carbocycles. The fourth-order valence-corrected chi connectivity index (χ4v) is 3.41. The van der Waals surface area contributed by atoms with Gasteiger partial charge in [0.25, 0.3) is 0 Å². The van der Waals surface area contributed by atoms with E-state index in [0.29, 0.717) is 0 Å². The number of hydrogen-bond donors (Lipinski definition) is 1. The summed E-state index contributed by atoms with van der Waals surface area (Å²) < 4.78 is 1.45. The summed E-state index contributed by atoms with van der Waals surface area (Å²) in [5, 5.41) is 4.55. The molecule has 2 aromatic heterocycles. The van der Waals surface area contributed by atoms with Crippen molar-refractivity contribution in [2.45, 2.75) is 25.3 Å². The van der Waals surface area contributed by atoms with E-state index in [-0.39, 0.29) is 11.6 Å². The molecule has 6 heteroatoms. The summed E-state index contributed by atoms with van der Waals surface area (Å²) >= 11 is 0. The molecule has 3 aromatic rings. The molecule has 1 aliphatic rings. The van der Waals surface area contributed by atoms with Crippen LogP contribution in [-0.4, -0.2) is 37.7 Å². The zero-order chi connectivity index (χ0) is 17.1. The van der Waals surface area contributed by atoms with Crippen molar-refractivity contribution in [2.24, 2.45) is 0 Å². The number of piperidine rings is 1. The van der Waals surface area contributed by atoms with E-state index in [1.807, 2.05) is 48.7 Å². The zero-order valence-electron chi connectivity index (χ0n) is 14.0. The summed E-state index contributed by atoms with van der Waals surface area (Å²) in [7, 11) is 0. The summed E-state index contributed by atoms with van der Waals surface area (Å²) in [6, 6.07) is 15.5. The van der Waals surface area contributed by atoms with Crippen molar-refractivity contribution >= 4 is 0 Å². The number of benzene rings is 1. The van der Waals surface area contributed by atoms with Crippen LogP contribution in [0.5, 0.6) is 0 Å². The minimum absolute atomic E-state index is 0.178. The summed E-state index contributed by atoms with van der Waals surface area (Å²) in [6.07, 6.45) is 3.97. The van der Waals surface area contributed by atoms with Gasteiger partial charge in [-0.15, -0.1) is 5.10 Å². The molecule has 1 N–H and O–H groups in total. The second-order valence-electron chi connectivity index (χ2n) is 6.46. The van der Waals surface area contributed by atoms with Crippen LogP contribution in [0, 0.1) is 0 Å². The van der Waals surface area contributed by atoms with Gasteiger partial charge in [-0.1, -0.05) is 24.3 Å². The number of H-pyrrole nitrogens is 1. The normalized spacial score (nSPS) is 18.3. The van der Waals surface area contributed by atoms with Crippen LogP contribution in [0.25, 0.3) is 5.69 Å². The van der Waals surface area contributed by atoms with Gasteiger partial charge in [0.2, 0.25) is 0 Å². The Hall–Kier alpha value is -2.73. The minimum Gasteiger partial charge on any atom is -0.297 e. The highest BCUT2D eigenvalue weighted by Gasteiger charge is 2.25. The van der Waals surface area contributed by atoms with Crippen LogP contribution in [-0.2, 0) is 6.54 Å². The minimum atomic E-state index is -0.178. The van der Waals surface area contributed by atoms with E-state index in [1.165, 1.54) is 4.68 Å². The maximum atomic E-state index is 12.3. The van der Waals surface area contributed by atoms with E-state index >= 15 is 0 Å². The van der Waals surface area contributed by atoms with Crippen molar-refractivity contribution in [3.8, 4) is 5.69 Å². The smallest absolute Gasteiger partial charge is 0.297 e. The molecule has 1 saturated heterocycles. The average molecular weight is 335 g/mol. The van der Waals surface area contributed by atoms with Crippen LogP contribution < -0.4 is 5.69 Å². The van der Waals surface area contributed by atoms with Gasteiger partial charge in [0.05, 0.1) is 11.4 Å². The fourth-order valence-electron chi connectivity index (χ4n) is 3.41. The van der Waals surface area contributed by atoms with Crippen LogP contribution in [0.1, 0.15) is 30.3 Å². The van der Waals surface area contributed by atoms with Gasteiger partial charge < -0.3 is 0 Å². The lowest BCUT2D eigenvalue weighted by atomic mass is 9.97. The van der Waals surface area contributed by atoms with Crippen LogP contribution in [0.15, 0.2) is 59.5 Å². The van der Waals surface area contributed by atoms with E-state index in [4.69, 9.17) is 0 Å². The molecule has 0 radical (unpaired) electrons. The summed E-state index contributed by atoms with van der Waals surface area (Å²) in [4.78, 5) is 22.0. The summed E-state index contributed by atoms with van der Waals surface area (Å²) in [6.45, 7) is 2.77. The molecule has 6 nitrogen and oxygen atoms in total. The van der Waals surface area contributed by atoms with E-state index in [0.717, 1.165) is 49.7 Å². The Morgan fingerprint density at radius 1 is 1.12 bits per heavy atom. The molecule has 0 spiro atoms. The number of rotatable bonds is 4. The lowest BCUT2D eigenvalue weighted by molar-refractivity contribution is 0.194. The van der Waals surface area contributed by atoms with E-state index in [9.17, 15) is 4.79 Å². The lowest BCUT2D eigenvalue weighted by Gasteiger charge is -2.31. The highest BCUT2D eigenvalue weighted by atomic mass is 16.1. The van der Waals surface area contributed by atoms with Gasteiger partial charge in [0.15, 0.2) is 0 Å². The first-order valence-electron chi connectivity index (χ1n) is 8.66. The number of nitrogens with zero attached hydrogens (tertiary/aromatic N) is 4. The highest BCUT2D eigenvalue weighted by molar-refractivity contribution is 5.29. The van der Waals surface area contributed by atoms with Crippen LogP contribution >= 0.6 is 0 Å². The third kappa shape index (κ3) is 3.53. The van der Waals surface area contributed by atoms with E-state index < -0.39 is 0 Å². The van der Waals surface area contributed by atoms with Gasteiger partial charge in [-0.25, -0.2) is 4.79 Å². The summed E-state index contributed by atoms with van der Waals surface area (Å²) in [5.41, 5.74) is 1.69.